The summed E-state index contributed by atoms with van der Waals surface area (Å²) in [6.45, 7) is 0.828. The molecule has 0 atom stereocenters. The Morgan fingerprint density at radius 1 is 1.55 bits per heavy atom. The summed E-state index contributed by atoms with van der Waals surface area (Å²) in [4.78, 5) is 10.8. The zero-order valence-electron chi connectivity index (χ0n) is 6.41. The normalized spacial score (nSPS) is 11.4. The van der Waals surface area contributed by atoms with E-state index < -0.39 is 12.8 Å². The van der Waals surface area contributed by atoms with Crippen LogP contribution in [0.2, 0.25) is 0 Å². The second-order valence-electron chi connectivity index (χ2n) is 1.86. The summed E-state index contributed by atoms with van der Waals surface area (Å²) in [7, 11) is 0. The fraction of sp³-hybridized carbons (Fsp3) is 0.571. The highest BCUT2D eigenvalue weighted by Gasteiger charge is 2.07. The van der Waals surface area contributed by atoms with Crippen molar-refractivity contribution >= 4 is 5.97 Å². The summed E-state index contributed by atoms with van der Waals surface area (Å²) in [6.07, 6.45) is 2.20. The molecule has 0 aromatic rings. The molecule has 0 aromatic carbocycles. The molecule has 0 rings (SSSR count). The molecule has 0 heterocycles. The van der Waals surface area contributed by atoms with Gasteiger partial charge in [-0.25, -0.2) is 4.79 Å². The SMILES string of the molecule is CCC=C(CO)C(=O)OCO. The zero-order chi connectivity index (χ0) is 8.69. The Morgan fingerprint density at radius 3 is 2.55 bits per heavy atom. The van der Waals surface area contributed by atoms with E-state index in [-0.39, 0.29) is 12.2 Å². The van der Waals surface area contributed by atoms with E-state index >= 15 is 0 Å². The molecule has 0 aromatic heterocycles. The lowest BCUT2D eigenvalue weighted by atomic mass is 10.2. The van der Waals surface area contributed by atoms with E-state index in [1.54, 1.807) is 6.08 Å². The van der Waals surface area contributed by atoms with Crippen LogP contribution in [0.4, 0.5) is 0 Å². The third-order valence-electron chi connectivity index (χ3n) is 1.08. The Kier molecular flexibility index (Phi) is 5.42. The van der Waals surface area contributed by atoms with Crippen molar-refractivity contribution in [2.75, 3.05) is 13.4 Å². The number of esters is 1. The molecular formula is C7H12O4. The van der Waals surface area contributed by atoms with Crippen molar-refractivity contribution < 1.29 is 19.7 Å². The first kappa shape index (κ1) is 10.1. The number of hydrogen-bond acceptors (Lipinski definition) is 4. The third kappa shape index (κ3) is 3.75. The van der Waals surface area contributed by atoms with Crippen molar-refractivity contribution in [1.29, 1.82) is 0 Å². The second-order valence-corrected chi connectivity index (χ2v) is 1.86. The van der Waals surface area contributed by atoms with Crippen molar-refractivity contribution in [3.8, 4) is 0 Å². The van der Waals surface area contributed by atoms with Crippen molar-refractivity contribution in [2.24, 2.45) is 0 Å². The Balaban J connectivity index is 4.03. The first-order valence-electron chi connectivity index (χ1n) is 3.34. The van der Waals surface area contributed by atoms with Crippen LogP contribution in [0.15, 0.2) is 11.6 Å². The summed E-state index contributed by atoms with van der Waals surface area (Å²) in [6, 6.07) is 0. The number of aliphatic hydroxyl groups is 2. The molecule has 0 saturated heterocycles. The monoisotopic (exact) mass is 160 g/mol. The maximum atomic E-state index is 10.8. The van der Waals surface area contributed by atoms with E-state index in [9.17, 15) is 4.79 Å². The van der Waals surface area contributed by atoms with Crippen molar-refractivity contribution in [2.45, 2.75) is 13.3 Å². The van der Waals surface area contributed by atoms with Crippen LogP contribution in [0.1, 0.15) is 13.3 Å². The van der Waals surface area contributed by atoms with Gasteiger partial charge in [0, 0.05) is 0 Å². The van der Waals surface area contributed by atoms with Crippen molar-refractivity contribution in [1.82, 2.24) is 0 Å². The van der Waals surface area contributed by atoms with E-state index in [1.807, 2.05) is 6.92 Å². The molecule has 4 heteroatoms. The summed E-state index contributed by atoms with van der Waals surface area (Å²) >= 11 is 0. The lowest BCUT2D eigenvalue weighted by molar-refractivity contribution is -0.147. The lowest BCUT2D eigenvalue weighted by Gasteiger charge is -2.01. The Labute approximate surface area is 65.1 Å². The minimum atomic E-state index is -0.670. The number of carbonyl (C=O) groups is 1. The Hall–Kier alpha value is -0.870. The van der Waals surface area contributed by atoms with E-state index in [0.29, 0.717) is 6.42 Å². The Bertz CT molecular complexity index is 151. The van der Waals surface area contributed by atoms with E-state index in [4.69, 9.17) is 10.2 Å². The largest absolute Gasteiger partial charge is 0.435 e. The van der Waals surface area contributed by atoms with Gasteiger partial charge in [-0.2, -0.15) is 0 Å². The maximum Gasteiger partial charge on any atom is 0.338 e. The van der Waals surface area contributed by atoms with Gasteiger partial charge in [-0.15, -0.1) is 0 Å². The zero-order valence-corrected chi connectivity index (χ0v) is 6.41. The van der Waals surface area contributed by atoms with Crippen LogP contribution in [0.5, 0.6) is 0 Å². The molecule has 0 bridgehead atoms. The lowest BCUT2D eigenvalue weighted by Crippen LogP contribution is -2.11. The number of allylic oxidation sites excluding steroid dienone is 1. The van der Waals surface area contributed by atoms with Crippen LogP contribution in [-0.2, 0) is 9.53 Å². The van der Waals surface area contributed by atoms with Crippen LogP contribution in [0.25, 0.3) is 0 Å². The molecule has 0 aliphatic rings. The van der Waals surface area contributed by atoms with Gasteiger partial charge in [-0.1, -0.05) is 13.0 Å². The number of ether oxygens (including phenoxy) is 1. The summed E-state index contributed by atoms with van der Waals surface area (Å²) in [5.74, 6) is -0.670. The van der Waals surface area contributed by atoms with Gasteiger partial charge in [0.05, 0.1) is 12.2 Å². The number of aliphatic hydroxyl groups excluding tert-OH is 2. The second kappa shape index (κ2) is 5.88. The topological polar surface area (TPSA) is 66.8 Å². The molecule has 0 amide bonds. The van der Waals surface area contributed by atoms with E-state index in [1.165, 1.54) is 0 Å². The smallest absolute Gasteiger partial charge is 0.338 e. The molecule has 11 heavy (non-hydrogen) atoms. The van der Waals surface area contributed by atoms with Crippen LogP contribution >= 0.6 is 0 Å². The molecule has 0 saturated carbocycles. The fourth-order valence-corrected chi connectivity index (χ4v) is 0.610. The van der Waals surface area contributed by atoms with E-state index in [0.717, 1.165) is 0 Å². The predicted molar refractivity (Wildman–Crippen MR) is 38.6 cm³/mol. The van der Waals surface area contributed by atoms with Gasteiger partial charge in [-0.05, 0) is 6.42 Å². The molecule has 0 unspecified atom stereocenters. The van der Waals surface area contributed by atoms with Crippen molar-refractivity contribution in [3.63, 3.8) is 0 Å². The molecular weight excluding hydrogens is 148 g/mol. The molecule has 0 spiro atoms. The summed E-state index contributed by atoms with van der Waals surface area (Å²) in [5.41, 5.74) is 0.182. The van der Waals surface area contributed by atoms with Gasteiger partial charge in [0.1, 0.15) is 0 Å². The highest BCUT2D eigenvalue weighted by molar-refractivity contribution is 5.88. The van der Waals surface area contributed by atoms with Gasteiger partial charge in [0.2, 0.25) is 0 Å². The van der Waals surface area contributed by atoms with Gasteiger partial charge in [0.15, 0.2) is 6.79 Å². The molecule has 0 radical (unpaired) electrons. The quantitative estimate of drug-likeness (QED) is 0.340. The van der Waals surface area contributed by atoms with Gasteiger partial charge in [0.25, 0.3) is 0 Å². The predicted octanol–water partition coefficient (Wildman–Crippen LogP) is -0.192. The summed E-state index contributed by atoms with van der Waals surface area (Å²) < 4.78 is 4.24. The van der Waals surface area contributed by atoms with Crippen LogP contribution in [0, 0.1) is 0 Å². The van der Waals surface area contributed by atoms with Gasteiger partial charge >= 0.3 is 5.97 Å². The third-order valence-corrected chi connectivity index (χ3v) is 1.08. The maximum absolute atomic E-state index is 10.8. The van der Waals surface area contributed by atoms with Gasteiger partial charge in [-0.3, -0.25) is 0 Å². The molecule has 0 aliphatic heterocycles. The van der Waals surface area contributed by atoms with Crippen LogP contribution in [-0.4, -0.2) is 29.6 Å². The molecule has 64 valence electrons. The number of hydrogen-bond donors (Lipinski definition) is 2. The van der Waals surface area contributed by atoms with Crippen LogP contribution < -0.4 is 0 Å². The number of rotatable bonds is 4. The highest BCUT2D eigenvalue weighted by Crippen LogP contribution is 1.98. The Morgan fingerprint density at radius 2 is 2.18 bits per heavy atom. The fourth-order valence-electron chi connectivity index (χ4n) is 0.610. The first-order valence-corrected chi connectivity index (χ1v) is 3.34. The average molecular weight is 160 g/mol. The number of carbonyl (C=O) groups excluding carboxylic acids is 1. The van der Waals surface area contributed by atoms with Crippen molar-refractivity contribution in [3.05, 3.63) is 11.6 Å². The molecule has 4 nitrogen and oxygen atoms in total. The first-order chi connectivity index (χ1) is 5.26. The highest BCUT2D eigenvalue weighted by atomic mass is 16.6. The standard InChI is InChI=1S/C7H12O4/c1-2-3-6(4-8)7(10)11-5-9/h3,8-9H,2,4-5H2,1H3. The molecule has 0 fully saturated rings. The van der Waals surface area contributed by atoms with Gasteiger partial charge < -0.3 is 14.9 Å². The molecule has 2 N–H and O–H groups in total. The molecule has 0 aliphatic carbocycles. The minimum absolute atomic E-state index is 0.182. The minimum Gasteiger partial charge on any atom is -0.435 e. The van der Waals surface area contributed by atoms with E-state index in [2.05, 4.69) is 4.74 Å². The van der Waals surface area contributed by atoms with Crippen LogP contribution in [0.3, 0.4) is 0 Å². The summed E-state index contributed by atoms with van der Waals surface area (Å²) in [5, 5.41) is 16.8. The average Bonchev–Trinajstić information content (AvgIpc) is 2.00.